The van der Waals surface area contributed by atoms with E-state index in [2.05, 4.69) is 33.8 Å². The summed E-state index contributed by atoms with van der Waals surface area (Å²) in [6.45, 7) is 6.51. The maximum Gasteiger partial charge on any atom is 0.308 e. The molecule has 0 N–H and O–H groups in total. The second-order valence-corrected chi connectivity index (χ2v) is 6.28. The van der Waals surface area contributed by atoms with Crippen LogP contribution in [0, 0.1) is 0 Å². The van der Waals surface area contributed by atoms with E-state index in [9.17, 15) is 4.79 Å². The average Bonchev–Trinajstić information content (AvgIpc) is 2.93. The number of esters is 1. The summed E-state index contributed by atoms with van der Waals surface area (Å²) >= 11 is 3.63. The monoisotopic (exact) mass is 339 g/mol. The Morgan fingerprint density at radius 1 is 1.35 bits per heavy atom. The summed E-state index contributed by atoms with van der Waals surface area (Å²) in [6, 6.07) is 8.17. The van der Waals surface area contributed by atoms with Crippen LogP contribution in [0.25, 0.3) is 0 Å². The summed E-state index contributed by atoms with van der Waals surface area (Å²) in [5.41, 5.74) is 0.859. The molecule has 0 amide bonds. The van der Waals surface area contributed by atoms with Gasteiger partial charge < -0.3 is 4.74 Å². The second kappa shape index (κ2) is 6.72. The number of ether oxygens (including phenoxy) is 1. The summed E-state index contributed by atoms with van der Waals surface area (Å²) < 4.78 is 6.23. The van der Waals surface area contributed by atoms with Gasteiger partial charge >= 0.3 is 5.97 Å². The summed E-state index contributed by atoms with van der Waals surface area (Å²) in [4.78, 5) is 14.4. The highest BCUT2D eigenvalue weighted by molar-refractivity contribution is 9.10. The van der Waals surface area contributed by atoms with E-state index in [1.165, 1.54) is 12.8 Å². The van der Waals surface area contributed by atoms with Crippen molar-refractivity contribution in [2.45, 2.75) is 38.6 Å². The summed E-state index contributed by atoms with van der Waals surface area (Å²) in [5, 5.41) is 0. The van der Waals surface area contributed by atoms with Crippen LogP contribution in [0.1, 0.15) is 38.7 Å². The zero-order valence-corrected chi connectivity index (χ0v) is 13.8. The van der Waals surface area contributed by atoms with Crippen molar-refractivity contribution in [3.05, 3.63) is 34.3 Å². The molecule has 1 aromatic rings. The van der Waals surface area contributed by atoms with E-state index in [1.807, 2.05) is 25.1 Å². The van der Waals surface area contributed by atoms with Crippen molar-refractivity contribution in [3.63, 3.8) is 0 Å². The standard InChI is InChI=1S/C16H22BrNO2/c1-3-20-15(19)12-16(2,18-10-6-7-11-18)13-8-4-5-9-14(13)17/h4-5,8-9H,3,6-7,10-12H2,1-2H3. The van der Waals surface area contributed by atoms with Crippen LogP contribution < -0.4 is 0 Å². The van der Waals surface area contributed by atoms with Crippen molar-refractivity contribution in [1.82, 2.24) is 4.90 Å². The topological polar surface area (TPSA) is 29.5 Å². The predicted molar refractivity (Wildman–Crippen MR) is 83.6 cm³/mol. The largest absolute Gasteiger partial charge is 0.466 e. The van der Waals surface area contributed by atoms with Crippen LogP contribution in [-0.4, -0.2) is 30.6 Å². The Bertz CT molecular complexity index is 471. The van der Waals surface area contributed by atoms with Gasteiger partial charge in [0.25, 0.3) is 0 Å². The van der Waals surface area contributed by atoms with Crippen molar-refractivity contribution in [2.24, 2.45) is 0 Å². The molecular weight excluding hydrogens is 318 g/mol. The Labute approximate surface area is 129 Å². The molecule has 0 aromatic heterocycles. The van der Waals surface area contributed by atoms with Crippen molar-refractivity contribution < 1.29 is 9.53 Å². The first-order valence-electron chi connectivity index (χ1n) is 7.23. The molecule has 20 heavy (non-hydrogen) atoms. The van der Waals surface area contributed by atoms with Crippen molar-refractivity contribution in [1.29, 1.82) is 0 Å². The van der Waals surface area contributed by atoms with Crippen LogP contribution in [0.15, 0.2) is 28.7 Å². The van der Waals surface area contributed by atoms with Gasteiger partial charge in [-0.25, -0.2) is 0 Å². The minimum Gasteiger partial charge on any atom is -0.466 e. The Hall–Kier alpha value is -0.870. The van der Waals surface area contributed by atoms with Crippen LogP contribution in [-0.2, 0) is 15.1 Å². The Kier molecular flexibility index (Phi) is 5.22. The normalized spacial score (nSPS) is 18.8. The molecular formula is C16H22BrNO2. The summed E-state index contributed by atoms with van der Waals surface area (Å²) in [6.07, 6.45) is 2.79. The molecule has 1 atom stereocenters. The summed E-state index contributed by atoms with van der Waals surface area (Å²) in [5.74, 6) is -0.127. The van der Waals surface area contributed by atoms with E-state index in [0.717, 1.165) is 23.1 Å². The lowest BCUT2D eigenvalue weighted by Gasteiger charge is -2.39. The molecule has 0 saturated carbocycles. The third-order valence-electron chi connectivity index (χ3n) is 4.05. The van der Waals surface area contributed by atoms with Gasteiger partial charge in [-0.15, -0.1) is 0 Å². The molecule has 1 fully saturated rings. The highest BCUT2D eigenvalue weighted by atomic mass is 79.9. The maximum absolute atomic E-state index is 12.0. The first-order valence-corrected chi connectivity index (χ1v) is 8.03. The van der Waals surface area contributed by atoms with Crippen LogP contribution in [0.4, 0.5) is 0 Å². The summed E-state index contributed by atoms with van der Waals surface area (Å²) in [7, 11) is 0. The van der Waals surface area contributed by atoms with Crippen molar-refractivity contribution >= 4 is 21.9 Å². The molecule has 2 rings (SSSR count). The fourth-order valence-electron chi connectivity index (χ4n) is 2.98. The van der Waals surface area contributed by atoms with E-state index in [4.69, 9.17) is 4.74 Å². The molecule has 1 aromatic carbocycles. The van der Waals surface area contributed by atoms with Gasteiger partial charge in [0.05, 0.1) is 18.6 Å². The van der Waals surface area contributed by atoms with Gasteiger partial charge in [0.2, 0.25) is 0 Å². The molecule has 0 bridgehead atoms. The third-order valence-corrected chi connectivity index (χ3v) is 4.74. The quantitative estimate of drug-likeness (QED) is 0.766. The molecule has 1 aliphatic heterocycles. The minimum atomic E-state index is -0.303. The molecule has 4 heteroatoms. The molecule has 1 saturated heterocycles. The molecule has 0 spiro atoms. The van der Waals surface area contributed by atoms with Gasteiger partial charge in [-0.1, -0.05) is 34.1 Å². The molecule has 1 heterocycles. The third kappa shape index (κ3) is 3.23. The van der Waals surface area contributed by atoms with Crippen molar-refractivity contribution in [3.8, 4) is 0 Å². The number of carbonyl (C=O) groups is 1. The lowest BCUT2D eigenvalue weighted by Crippen LogP contribution is -2.44. The predicted octanol–water partition coefficient (Wildman–Crippen LogP) is 3.71. The van der Waals surface area contributed by atoms with Gasteiger partial charge in [0, 0.05) is 4.47 Å². The van der Waals surface area contributed by atoms with Gasteiger partial charge in [0.1, 0.15) is 0 Å². The molecule has 1 aliphatic rings. The SMILES string of the molecule is CCOC(=O)CC(C)(c1ccccc1Br)N1CCCC1. The number of carbonyl (C=O) groups excluding carboxylic acids is 1. The molecule has 0 radical (unpaired) electrons. The van der Waals surface area contributed by atoms with Gasteiger partial charge in [0.15, 0.2) is 0 Å². The highest BCUT2D eigenvalue weighted by Gasteiger charge is 2.38. The van der Waals surface area contributed by atoms with Crippen LogP contribution in [0.3, 0.4) is 0 Å². The number of likely N-dealkylation sites (tertiary alicyclic amines) is 1. The fraction of sp³-hybridized carbons (Fsp3) is 0.562. The van der Waals surface area contributed by atoms with E-state index in [0.29, 0.717) is 13.0 Å². The highest BCUT2D eigenvalue weighted by Crippen LogP contribution is 2.38. The van der Waals surface area contributed by atoms with E-state index in [-0.39, 0.29) is 11.5 Å². The second-order valence-electron chi connectivity index (χ2n) is 5.43. The number of benzene rings is 1. The van der Waals surface area contributed by atoms with Gasteiger partial charge in [-0.3, -0.25) is 9.69 Å². The number of nitrogens with zero attached hydrogens (tertiary/aromatic N) is 1. The van der Waals surface area contributed by atoms with E-state index in [1.54, 1.807) is 0 Å². The van der Waals surface area contributed by atoms with Crippen LogP contribution in [0.2, 0.25) is 0 Å². The van der Waals surface area contributed by atoms with Gasteiger partial charge in [-0.05, 0) is 51.4 Å². The molecule has 0 aliphatic carbocycles. The molecule has 3 nitrogen and oxygen atoms in total. The Morgan fingerprint density at radius 2 is 2.00 bits per heavy atom. The van der Waals surface area contributed by atoms with Gasteiger partial charge in [-0.2, -0.15) is 0 Å². The smallest absolute Gasteiger partial charge is 0.308 e. The number of hydrogen-bond acceptors (Lipinski definition) is 3. The number of hydrogen-bond donors (Lipinski definition) is 0. The average molecular weight is 340 g/mol. The lowest BCUT2D eigenvalue weighted by molar-refractivity contribution is -0.146. The van der Waals surface area contributed by atoms with Crippen LogP contribution >= 0.6 is 15.9 Å². The van der Waals surface area contributed by atoms with E-state index < -0.39 is 0 Å². The van der Waals surface area contributed by atoms with Crippen LogP contribution in [0.5, 0.6) is 0 Å². The van der Waals surface area contributed by atoms with E-state index >= 15 is 0 Å². The van der Waals surface area contributed by atoms with Crippen molar-refractivity contribution in [2.75, 3.05) is 19.7 Å². The molecule has 110 valence electrons. The first-order chi connectivity index (χ1) is 9.58. The Morgan fingerprint density at radius 3 is 2.60 bits per heavy atom. The lowest BCUT2D eigenvalue weighted by atomic mass is 9.87. The fourth-order valence-corrected chi connectivity index (χ4v) is 3.69. The first kappa shape index (κ1) is 15.5. The minimum absolute atomic E-state index is 0.127. The zero-order chi connectivity index (χ0) is 14.6. The Balaban J connectivity index is 2.33. The maximum atomic E-state index is 12.0. The number of rotatable bonds is 5. The number of halogens is 1. The molecule has 1 unspecified atom stereocenters. The zero-order valence-electron chi connectivity index (χ0n) is 12.2.